The maximum Gasteiger partial charge on any atom is 0.412 e. The molecule has 1 N–H and O–H groups in total. The fourth-order valence-corrected chi connectivity index (χ4v) is 2.19. The van der Waals surface area contributed by atoms with E-state index in [-0.39, 0.29) is 12.4 Å². The van der Waals surface area contributed by atoms with E-state index < -0.39 is 6.09 Å². The van der Waals surface area contributed by atoms with E-state index in [9.17, 15) is 9.18 Å². The van der Waals surface area contributed by atoms with Gasteiger partial charge in [0.15, 0.2) is 0 Å². The Labute approximate surface area is 144 Å². The molecule has 0 spiro atoms. The summed E-state index contributed by atoms with van der Waals surface area (Å²) in [5, 5.41) is 10.5. The normalized spacial score (nSPS) is 10.5. The first-order chi connectivity index (χ1) is 12.1. The monoisotopic (exact) mass is 340 g/mol. The Kier molecular flexibility index (Phi) is 5.03. The van der Waals surface area contributed by atoms with Crippen molar-refractivity contribution in [2.45, 2.75) is 20.1 Å². The van der Waals surface area contributed by atoms with Crippen molar-refractivity contribution in [3.8, 4) is 0 Å². The van der Waals surface area contributed by atoms with E-state index in [0.717, 1.165) is 5.56 Å². The molecule has 0 saturated carbocycles. The second kappa shape index (κ2) is 7.57. The highest BCUT2D eigenvalue weighted by molar-refractivity contribution is 5.84. The average molecular weight is 340 g/mol. The number of anilines is 1. The van der Waals surface area contributed by atoms with Crippen LogP contribution in [-0.2, 0) is 17.9 Å². The number of nitrogens with one attached hydrogen (secondary N) is 1. The molecule has 0 atom stereocenters. The van der Waals surface area contributed by atoms with E-state index in [4.69, 9.17) is 4.74 Å². The number of nitrogens with zero attached hydrogens (tertiary/aromatic N) is 3. The fraction of sp³-hybridized carbons (Fsp3) is 0.167. The summed E-state index contributed by atoms with van der Waals surface area (Å²) in [5.41, 5.74) is 3.30. The molecule has 1 heterocycles. The number of rotatable bonds is 5. The van der Waals surface area contributed by atoms with Crippen LogP contribution in [0.25, 0.3) is 0 Å². The second-order valence-electron chi connectivity index (χ2n) is 5.60. The van der Waals surface area contributed by atoms with Crippen molar-refractivity contribution in [1.29, 1.82) is 0 Å². The molecule has 0 aliphatic heterocycles. The van der Waals surface area contributed by atoms with Gasteiger partial charge in [-0.1, -0.05) is 35.0 Å². The summed E-state index contributed by atoms with van der Waals surface area (Å²) in [6.07, 6.45) is 1.09. The van der Waals surface area contributed by atoms with Crippen LogP contribution in [0.3, 0.4) is 0 Å². The van der Waals surface area contributed by atoms with Crippen molar-refractivity contribution in [3.05, 3.63) is 77.4 Å². The Balaban J connectivity index is 1.50. The van der Waals surface area contributed by atoms with Gasteiger partial charge in [0.05, 0.1) is 12.7 Å². The van der Waals surface area contributed by atoms with Crippen molar-refractivity contribution in [2.75, 3.05) is 5.32 Å². The average Bonchev–Trinajstić information content (AvgIpc) is 3.05. The highest BCUT2D eigenvalue weighted by Gasteiger charge is 2.07. The van der Waals surface area contributed by atoms with Gasteiger partial charge < -0.3 is 4.74 Å². The highest BCUT2D eigenvalue weighted by atomic mass is 19.1. The van der Waals surface area contributed by atoms with Crippen molar-refractivity contribution < 1.29 is 13.9 Å². The van der Waals surface area contributed by atoms with Crippen molar-refractivity contribution in [1.82, 2.24) is 15.0 Å². The van der Waals surface area contributed by atoms with Crippen LogP contribution in [0.4, 0.5) is 14.9 Å². The molecule has 0 unspecified atom stereocenters. The Morgan fingerprint density at radius 3 is 2.60 bits per heavy atom. The molecule has 0 aliphatic rings. The summed E-state index contributed by atoms with van der Waals surface area (Å²) in [5.74, 6) is -0.371. The standard InChI is InChI=1S/C18H17FN4O2/c1-13-2-4-14(5-3-13)10-23-11-17(21-22-23)12-25-18(24)20-16-8-6-15(19)7-9-16/h2-9,11H,10,12H2,1H3,(H,20,24). The van der Waals surface area contributed by atoms with Crippen LogP contribution < -0.4 is 5.32 Å². The van der Waals surface area contributed by atoms with Gasteiger partial charge in [0.25, 0.3) is 0 Å². The van der Waals surface area contributed by atoms with Gasteiger partial charge >= 0.3 is 6.09 Å². The zero-order valence-corrected chi connectivity index (χ0v) is 13.6. The molecule has 1 aromatic heterocycles. The number of hydrogen-bond donors (Lipinski definition) is 1. The third-order valence-corrected chi connectivity index (χ3v) is 3.49. The van der Waals surface area contributed by atoms with Crippen molar-refractivity contribution in [2.24, 2.45) is 0 Å². The predicted molar refractivity (Wildman–Crippen MR) is 90.5 cm³/mol. The molecule has 25 heavy (non-hydrogen) atoms. The van der Waals surface area contributed by atoms with Crippen LogP contribution in [0.1, 0.15) is 16.8 Å². The molecular formula is C18H17FN4O2. The minimum Gasteiger partial charge on any atom is -0.443 e. The summed E-state index contributed by atoms with van der Waals surface area (Å²) < 4.78 is 19.6. The smallest absolute Gasteiger partial charge is 0.412 e. The van der Waals surface area contributed by atoms with Gasteiger partial charge in [-0.05, 0) is 36.8 Å². The van der Waals surface area contributed by atoms with Gasteiger partial charge in [-0.25, -0.2) is 13.9 Å². The zero-order valence-electron chi connectivity index (χ0n) is 13.6. The summed E-state index contributed by atoms with van der Waals surface area (Å²) in [6, 6.07) is 13.6. The van der Waals surface area contributed by atoms with Gasteiger partial charge in [0, 0.05) is 5.69 Å². The van der Waals surface area contributed by atoms with Crippen LogP contribution in [0, 0.1) is 12.7 Å². The first kappa shape index (κ1) is 16.6. The number of aromatic nitrogens is 3. The number of halogens is 1. The zero-order chi connectivity index (χ0) is 17.6. The molecule has 3 rings (SSSR count). The van der Waals surface area contributed by atoms with Gasteiger partial charge in [-0.2, -0.15) is 0 Å². The number of hydrogen-bond acceptors (Lipinski definition) is 4. The van der Waals surface area contributed by atoms with Crippen LogP contribution in [0.5, 0.6) is 0 Å². The Morgan fingerprint density at radius 2 is 1.88 bits per heavy atom. The molecule has 0 aliphatic carbocycles. The molecule has 6 nitrogen and oxygen atoms in total. The molecular weight excluding hydrogens is 323 g/mol. The third-order valence-electron chi connectivity index (χ3n) is 3.49. The molecule has 7 heteroatoms. The Morgan fingerprint density at radius 1 is 1.16 bits per heavy atom. The SMILES string of the molecule is Cc1ccc(Cn2cc(COC(=O)Nc3ccc(F)cc3)nn2)cc1. The molecule has 1 amide bonds. The van der Waals surface area contributed by atoms with E-state index in [2.05, 4.69) is 15.6 Å². The maximum atomic E-state index is 12.8. The topological polar surface area (TPSA) is 69.0 Å². The highest BCUT2D eigenvalue weighted by Crippen LogP contribution is 2.09. The number of benzene rings is 2. The quantitative estimate of drug-likeness (QED) is 0.771. The van der Waals surface area contributed by atoms with Crippen molar-refractivity contribution in [3.63, 3.8) is 0 Å². The van der Waals surface area contributed by atoms with Gasteiger partial charge in [0.1, 0.15) is 18.1 Å². The van der Waals surface area contributed by atoms with E-state index in [1.54, 1.807) is 10.9 Å². The molecule has 0 fully saturated rings. The summed E-state index contributed by atoms with van der Waals surface area (Å²) in [6.45, 7) is 2.63. The molecule has 0 radical (unpaired) electrons. The van der Waals surface area contributed by atoms with Gasteiger partial charge in [0.2, 0.25) is 0 Å². The lowest BCUT2D eigenvalue weighted by atomic mass is 10.1. The number of aryl methyl sites for hydroxylation is 1. The minimum atomic E-state index is -0.639. The maximum absolute atomic E-state index is 12.8. The summed E-state index contributed by atoms with van der Waals surface area (Å²) >= 11 is 0. The first-order valence-electron chi connectivity index (χ1n) is 7.72. The van der Waals surface area contributed by atoms with E-state index in [1.165, 1.54) is 29.8 Å². The Bertz CT molecular complexity index is 844. The van der Waals surface area contributed by atoms with Crippen LogP contribution in [-0.4, -0.2) is 21.1 Å². The molecule has 0 bridgehead atoms. The lowest BCUT2D eigenvalue weighted by Crippen LogP contribution is -2.13. The number of carbonyl (C=O) groups is 1. The van der Waals surface area contributed by atoms with Crippen LogP contribution >= 0.6 is 0 Å². The third kappa shape index (κ3) is 4.87. The van der Waals surface area contributed by atoms with Gasteiger partial charge in [-0.3, -0.25) is 5.32 Å². The lowest BCUT2D eigenvalue weighted by molar-refractivity contribution is 0.153. The molecule has 3 aromatic rings. The van der Waals surface area contributed by atoms with Crippen LogP contribution in [0.15, 0.2) is 54.7 Å². The fourth-order valence-electron chi connectivity index (χ4n) is 2.19. The lowest BCUT2D eigenvalue weighted by Gasteiger charge is -2.05. The first-order valence-corrected chi connectivity index (χ1v) is 7.72. The van der Waals surface area contributed by atoms with E-state index >= 15 is 0 Å². The number of ether oxygens (including phenoxy) is 1. The number of carbonyl (C=O) groups excluding carboxylic acids is 1. The largest absolute Gasteiger partial charge is 0.443 e. The minimum absolute atomic E-state index is 0.000918. The molecule has 0 saturated heterocycles. The van der Waals surface area contributed by atoms with E-state index in [1.807, 2.05) is 31.2 Å². The van der Waals surface area contributed by atoms with Crippen molar-refractivity contribution >= 4 is 11.8 Å². The van der Waals surface area contributed by atoms with Crippen LogP contribution in [0.2, 0.25) is 0 Å². The molecule has 2 aromatic carbocycles. The molecule has 128 valence electrons. The summed E-state index contributed by atoms with van der Waals surface area (Å²) in [7, 11) is 0. The number of amides is 1. The van der Waals surface area contributed by atoms with E-state index in [0.29, 0.717) is 17.9 Å². The Hall–Kier alpha value is -3.22. The predicted octanol–water partition coefficient (Wildman–Crippen LogP) is 3.52. The summed E-state index contributed by atoms with van der Waals surface area (Å²) in [4.78, 5) is 11.7. The second-order valence-corrected chi connectivity index (χ2v) is 5.60. The van der Waals surface area contributed by atoms with Gasteiger partial charge in [-0.15, -0.1) is 5.10 Å².